The van der Waals surface area contributed by atoms with E-state index in [-0.39, 0.29) is 24.0 Å². The fourth-order valence-electron chi connectivity index (χ4n) is 3.19. The highest BCUT2D eigenvalue weighted by Gasteiger charge is 2.20. The molecule has 0 aliphatic carbocycles. The van der Waals surface area contributed by atoms with Crippen LogP contribution in [0.1, 0.15) is 18.4 Å². The molecule has 1 aromatic carbocycles. The lowest BCUT2D eigenvalue weighted by molar-refractivity contribution is 0.125. The first-order valence-electron chi connectivity index (χ1n) is 9.60. The second-order valence-corrected chi connectivity index (χ2v) is 6.63. The van der Waals surface area contributed by atoms with Crippen molar-refractivity contribution >= 4 is 35.8 Å². The lowest BCUT2D eigenvalue weighted by Gasteiger charge is -2.33. The average molecular weight is 495 g/mol. The van der Waals surface area contributed by atoms with Crippen molar-refractivity contribution < 1.29 is 4.74 Å². The maximum atomic E-state index is 5.71. The molecule has 1 fully saturated rings. The van der Waals surface area contributed by atoms with Gasteiger partial charge in [-0.2, -0.15) is 0 Å². The number of rotatable bonds is 7. The zero-order valence-electron chi connectivity index (χ0n) is 16.4. The van der Waals surface area contributed by atoms with Gasteiger partial charge in [0.1, 0.15) is 5.82 Å². The molecule has 1 aliphatic heterocycles. The summed E-state index contributed by atoms with van der Waals surface area (Å²) < 4.78 is 5.71. The second kappa shape index (κ2) is 12.6. The van der Waals surface area contributed by atoms with Gasteiger partial charge in [-0.25, -0.2) is 4.98 Å². The molecule has 0 amide bonds. The number of aliphatic imine (C=N–C) groups is 1. The number of ether oxygens (including phenoxy) is 1. The van der Waals surface area contributed by atoms with Crippen LogP contribution in [0.4, 0.5) is 5.82 Å². The Kier molecular flexibility index (Phi) is 10.1. The second-order valence-electron chi connectivity index (χ2n) is 6.63. The molecule has 152 valence electrons. The maximum absolute atomic E-state index is 5.71. The molecule has 6 nitrogen and oxygen atoms in total. The Bertz CT molecular complexity index is 690. The normalized spacial score (nSPS) is 15.0. The van der Waals surface area contributed by atoms with Crippen molar-refractivity contribution in [2.24, 2.45) is 4.99 Å². The highest BCUT2D eigenvalue weighted by Crippen LogP contribution is 2.17. The van der Waals surface area contributed by atoms with Gasteiger partial charge in [0.25, 0.3) is 0 Å². The van der Waals surface area contributed by atoms with Crippen molar-refractivity contribution in [3.05, 3.63) is 60.3 Å². The Morgan fingerprint density at radius 3 is 2.57 bits per heavy atom. The van der Waals surface area contributed by atoms with Gasteiger partial charge in [-0.05, 0) is 30.5 Å². The van der Waals surface area contributed by atoms with E-state index in [2.05, 4.69) is 43.7 Å². The Balaban J connectivity index is 0.00000280. The topological polar surface area (TPSA) is 61.8 Å². The standard InChI is InChI=1S/C21H29N5O.HI/c1-22-21(24-13-16-27-17-18-7-3-2-4-8-18)25-19-10-14-26(15-11-19)20-9-5-6-12-23-20;/h2-9,12,19H,10-11,13-17H2,1H3,(H2,22,24,25);1H. The lowest BCUT2D eigenvalue weighted by Crippen LogP contribution is -2.49. The van der Waals surface area contributed by atoms with Crippen molar-refractivity contribution in [3.8, 4) is 0 Å². The van der Waals surface area contributed by atoms with Crippen LogP contribution in [-0.4, -0.2) is 50.3 Å². The number of halogens is 1. The number of benzene rings is 1. The van der Waals surface area contributed by atoms with E-state index in [1.165, 1.54) is 5.56 Å². The van der Waals surface area contributed by atoms with Crippen molar-refractivity contribution in [2.75, 3.05) is 38.2 Å². The molecule has 0 bridgehead atoms. The van der Waals surface area contributed by atoms with E-state index in [1.807, 2.05) is 43.6 Å². The van der Waals surface area contributed by atoms with E-state index < -0.39 is 0 Å². The van der Waals surface area contributed by atoms with Gasteiger partial charge in [-0.1, -0.05) is 36.4 Å². The van der Waals surface area contributed by atoms with Crippen molar-refractivity contribution in [1.82, 2.24) is 15.6 Å². The molecule has 2 aromatic rings. The molecule has 3 rings (SSSR count). The molecule has 2 N–H and O–H groups in total. The molecule has 1 aromatic heterocycles. The highest BCUT2D eigenvalue weighted by atomic mass is 127. The van der Waals surface area contributed by atoms with E-state index in [9.17, 15) is 0 Å². The summed E-state index contributed by atoms with van der Waals surface area (Å²) in [6.07, 6.45) is 3.99. The first-order chi connectivity index (χ1) is 13.3. The molecule has 0 atom stereocenters. The van der Waals surface area contributed by atoms with Crippen LogP contribution in [0.15, 0.2) is 59.7 Å². The van der Waals surface area contributed by atoms with Crippen molar-refractivity contribution in [3.63, 3.8) is 0 Å². The van der Waals surface area contributed by atoms with Crippen LogP contribution in [0.25, 0.3) is 0 Å². The van der Waals surface area contributed by atoms with Crippen LogP contribution < -0.4 is 15.5 Å². The Hall–Kier alpha value is -1.87. The Labute approximate surface area is 184 Å². The average Bonchev–Trinajstić information content (AvgIpc) is 2.74. The molecular weight excluding hydrogens is 465 g/mol. The lowest BCUT2D eigenvalue weighted by atomic mass is 10.1. The summed E-state index contributed by atoms with van der Waals surface area (Å²) in [5, 5.41) is 6.86. The first-order valence-corrected chi connectivity index (χ1v) is 9.60. The summed E-state index contributed by atoms with van der Waals surface area (Å²) in [4.78, 5) is 11.1. The van der Waals surface area contributed by atoms with Crippen LogP contribution in [0.2, 0.25) is 0 Å². The minimum absolute atomic E-state index is 0. The summed E-state index contributed by atoms with van der Waals surface area (Å²) in [5.74, 6) is 1.91. The zero-order chi connectivity index (χ0) is 18.7. The van der Waals surface area contributed by atoms with Gasteiger partial charge in [0.2, 0.25) is 0 Å². The number of nitrogens with one attached hydrogen (secondary N) is 2. The SMILES string of the molecule is CN=C(NCCOCc1ccccc1)NC1CCN(c2ccccn2)CC1.I. The van der Waals surface area contributed by atoms with Crippen LogP contribution in [0.5, 0.6) is 0 Å². The van der Waals surface area contributed by atoms with Crippen LogP contribution in [-0.2, 0) is 11.3 Å². The van der Waals surface area contributed by atoms with Gasteiger partial charge in [-0.15, -0.1) is 24.0 Å². The minimum atomic E-state index is 0. The maximum Gasteiger partial charge on any atom is 0.191 e. The third kappa shape index (κ3) is 7.27. The molecule has 1 aliphatic rings. The first kappa shape index (κ1) is 22.4. The van der Waals surface area contributed by atoms with E-state index in [4.69, 9.17) is 4.74 Å². The van der Waals surface area contributed by atoms with E-state index >= 15 is 0 Å². The molecular formula is C21H30IN5O. The molecule has 0 radical (unpaired) electrons. The predicted octanol–water partition coefficient (Wildman–Crippen LogP) is 3.05. The quantitative estimate of drug-likeness (QED) is 0.268. The summed E-state index contributed by atoms with van der Waals surface area (Å²) in [6, 6.07) is 16.7. The van der Waals surface area contributed by atoms with Gasteiger partial charge in [-0.3, -0.25) is 4.99 Å². The number of hydrogen-bond donors (Lipinski definition) is 2. The Morgan fingerprint density at radius 2 is 1.89 bits per heavy atom. The monoisotopic (exact) mass is 495 g/mol. The van der Waals surface area contributed by atoms with Gasteiger partial charge >= 0.3 is 0 Å². The summed E-state index contributed by atoms with van der Waals surface area (Å²) in [5.41, 5.74) is 1.19. The third-order valence-corrected chi connectivity index (χ3v) is 4.68. The van der Waals surface area contributed by atoms with Gasteiger partial charge in [0.15, 0.2) is 5.96 Å². The van der Waals surface area contributed by atoms with E-state index in [0.29, 0.717) is 19.3 Å². The molecule has 2 heterocycles. The number of aromatic nitrogens is 1. The van der Waals surface area contributed by atoms with Crippen molar-refractivity contribution in [2.45, 2.75) is 25.5 Å². The molecule has 0 spiro atoms. The molecule has 28 heavy (non-hydrogen) atoms. The predicted molar refractivity (Wildman–Crippen MR) is 125 cm³/mol. The molecule has 0 saturated carbocycles. The van der Waals surface area contributed by atoms with Gasteiger partial charge in [0.05, 0.1) is 13.2 Å². The molecule has 7 heteroatoms. The number of nitrogens with zero attached hydrogens (tertiary/aromatic N) is 3. The number of hydrogen-bond acceptors (Lipinski definition) is 4. The fraction of sp³-hybridized carbons (Fsp3) is 0.429. The van der Waals surface area contributed by atoms with E-state index in [1.54, 1.807) is 0 Å². The largest absolute Gasteiger partial charge is 0.375 e. The molecule has 0 unspecified atom stereocenters. The Morgan fingerprint density at radius 1 is 1.14 bits per heavy atom. The van der Waals surface area contributed by atoms with Crippen LogP contribution >= 0.6 is 24.0 Å². The third-order valence-electron chi connectivity index (χ3n) is 4.68. The van der Waals surface area contributed by atoms with E-state index in [0.717, 1.165) is 44.3 Å². The summed E-state index contributed by atoms with van der Waals surface area (Å²) >= 11 is 0. The summed E-state index contributed by atoms with van der Waals surface area (Å²) in [6.45, 7) is 4.03. The number of piperidine rings is 1. The van der Waals surface area contributed by atoms with Crippen molar-refractivity contribution in [1.29, 1.82) is 0 Å². The molecule has 1 saturated heterocycles. The fourth-order valence-corrected chi connectivity index (χ4v) is 3.19. The zero-order valence-corrected chi connectivity index (χ0v) is 18.7. The van der Waals surface area contributed by atoms with Gasteiger partial charge in [0, 0.05) is 38.9 Å². The number of guanidine groups is 1. The summed E-state index contributed by atoms with van der Waals surface area (Å²) in [7, 11) is 1.81. The minimum Gasteiger partial charge on any atom is -0.375 e. The smallest absolute Gasteiger partial charge is 0.191 e. The number of pyridine rings is 1. The van der Waals surface area contributed by atoms with Crippen LogP contribution in [0.3, 0.4) is 0 Å². The van der Waals surface area contributed by atoms with Crippen LogP contribution in [0, 0.1) is 0 Å². The highest BCUT2D eigenvalue weighted by molar-refractivity contribution is 14.0. The van der Waals surface area contributed by atoms with Gasteiger partial charge < -0.3 is 20.3 Å². The number of anilines is 1.